The molecule has 4 rings (SSSR count). The lowest BCUT2D eigenvalue weighted by atomic mass is 9.94. The number of aromatic nitrogens is 1. The Labute approximate surface area is 236 Å². The maximum Gasteiger partial charge on any atom is 0.269 e. The highest BCUT2D eigenvalue weighted by molar-refractivity contribution is 5.96. The van der Waals surface area contributed by atoms with Crippen molar-refractivity contribution in [1.82, 2.24) is 14.4 Å². The van der Waals surface area contributed by atoms with E-state index in [1.807, 2.05) is 29.2 Å². The van der Waals surface area contributed by atoms with Gasteiger partial charge in [-0.3, -0.25) is 19.7 Å². The van der Waals surface area contributed by atoms with Crippen LogP contribution in [0.2, 0.25) is 0 Å². The zero-order valence-corrected chi connectivity index (χ0v) is 23.4. The molecule has 0 bridgehead atoms. The molecule has 0 aliphatic heterocycles. The van der Waals surface area contributed by atoms with Gasteiger partial charge >= 0.3 is 0 Å². The van der Waals surface area contributed by atoms with E-state index in [2.05, 4.69) is 35.9 Å². The fourth-order valence-electron chi connectivity index (χ4n) is 5.48. The van der Waals surface area contributed by atoms with E-state index < -0.39 is 4.92 Å². The van der Waals surface area contributed by atoms with Gasteiger partial charge in [0.25, 0.3) is 11.6 Å². The first kappa shape index (κ1) is 29.1. The van der Waals surface area contributed by atoms with Crippen LogP contribution in [0.1, 0.15) is 79.9 Å². The van der Waals surface area contributed by atoms with Gasteiger partial charge in [0.1, 0.15) is 6.54 Å². The summed E-state index contributed by atoms with van der Waals surface area (Å²) in [5.41, 5.74) is 2.57. The SMILES string of the molecule is CCCCCN(CC(=O)N(Cc1cccn1Cc1ccccc1)C1CCCCC1)C(=O)c1ccc([N+](=O)[O-])cc1. The summed E-state index contributed by atoms with van der Waals surface area (Å²) in [6, 6.07) is 20.2. The summed E-state index contributed by atoms with van der Waals surface area (Å²) in [7, 11) is 0. The number of rotatable bonds is 13. The quantitative estimate of drug-likeness (QED) is 0.141. The normalized spacial score (nSPS) is 13.6. The predicted octanol–water partition coefficient (Wildman–Crippen LogP) is 6.44. The van der Waals surface area contributed by atoms with Crippen LogP contribution in [0.4, 0.5) is 5.69 Å². The van der Waals surface area contributed by atoms with E-state index in [4.69, 9.17) is 0 Å². The van der Waals surface area contributed by atoms with Crippen LogP contribution in [0, 0.1) is 10.1 Å². The first-order chi connectivity index (χ1) is 19.5. The van der Waals surface area contributed by atoms with Crippen LogP contribution in [0.3, 0.4) is 0 Å². The Morgan fingerprint density at radius 3 is 2.35 bits per heavy atom. The van der Waals surface area contributed by atoms with E-state index in [1.165, 1.54) is 36.2 Å². The summed E-state index contributed by atoms with van der Waals surface area (Å²) < 4.78 is 2.19. The summed E-state index contributed by atoms with van der Waals surface area (Å²) in [6.45, 7) is 3.80. The van der Waals surface area contributed by atoms with E-state index in [1.54, 1.807) is 4.90 Å². The molecular formula is C32H40N4O4. The molecular weight excluding hydrogens is 504 g/mol. The number of unbranched alkanes of at least 4 members (excludes halogenated alkanes) is 2. The van der Waals surface area contributed by atoms with Crippen molar-refractivity contribution in [3.8, 4) is 0 Å². The van der Waals surface area contributed by atoms with E-state index in [0.29, 0.717) is 18.7 Å². The Morgan fingerprint density at radius 2 is 1.68 bits per heavy atom. The van der Waals surface area contributed by atoms with Crippen molar-refractivity contribution in [2.45, 2.75) is 77.4 Å². The fourth-order valence-corrected chi connectivity index (χ4v) is 5.48. The molecule has 1 aliphatic carbocycles. The lowest BCUT2D eigenvalue weighted by Crippen LogP contribution is -2.47. The summed E-state index contributed by atoms with van der Waals surface area (Å²) in [4.78, 5) is 41.7. The minimum absolute atomic E-state index is 0.00453. The summed E-state index contributed by atoms with van der Waals surface area (Å²) in [5, 5.41) is 11.1. The molecule has 8 heteroatoms. The number of nitro groups is 1. The number of nitro benzene ring substituents is 1. The lowest BCUT2D eigenvalue weighted by Gasteiger charge is -2.36. The maximum atomic E-state index is 14.0. The Bertz CT molecular complexity index is 1250. The van der Waals surface area contributed by atoms with Crippen LogP contribution in [-0.4, -0.2) is 50.2 Å². The number of hydrogen-bond donors (Lipinski definition) is 0. The molecule has 1 heterocycles. The molecule has 0 N–H and O–H groups in total. The van der Waals surface area contributed by atoms with Crippen LogP contribution in [0.5, 0.6) is 0 Å². The van der Waals surface area contributed by atoms with Gasteiger partial charge < -0.3 is 14.4 Å². The van der Waals surface area contributed by atoms with Gasteiger partial charge in [-0.25, -0.2) is 0 Å². The van der Waals surface area contributed by atoms with Crippen LogP contribution < -0.4 is 0 Å². The predicted molar refractivity (Wildman–Crippen MR) is 156 cm³/mol. The van der Waals surface area contributed by atoms with Crippen molar-refractivity contribution in [1.29, 1.82) is 0 Å². The maximum absolute atomic E-state index is 14.0. The molecule has 0 saturated heterocycles. The third-order valence-corrected chi connectivity index (χ3v) is 7.76. The molecule has 0 atom stereocenters. The number of amides is 2. The fraction of sp³-hybridized carbons (Fsp3) is 0.438. The van der Waals surface area contributed by atoms with Crippen LogP contribution in [0.15, 0.2) is 72.9 Å². The highest BCUT2D eigenvalue weighted by atomic mass is 16.6. The Kier molecular flexibility index (Phi) is 10.5. The topological polar surface area (TPSA) is 88.7 Å². The summed E-state index contributed by atoms with van der Waals surface area (Å²) in [6.07, 6.45) is 10.1. The average Bonchev–Trinajstić information content (AvgIpc) is 3.42. The van der Waals surface area contributed by atoms with Gasteiger partial charge in [0.05, 0.1) is 11.5 Å². The van der Waals surface area contributed by atoms with Crippen molar-refractivity contribution < 1.29 is 14.5 Å². The molecule has 212 valence electrons. The molecule has 1 aliphatic rings. The number of benzene rings is 2. The zero-order chi connectivity index (χ0) is 28.3. The van der Waals surface area contributed by atoms with Crippen molar-refractivity contribution >= 4 is 17.5 Å². The Morgan fingerprint density at radius 1 is 0.950 bits per heavy atom. The van der Waals surface area contributed by atoms with Gasteiger partial charge in [0, 0.05) is 48.7 Å². The van der Waals surface area contributed by atoms with E-state index in [0.717, 1.165) is 57.2 Å². The van der Waals surface area contributed by atoms with E-state index >= 15 is 0 Å². The number of non-ortho nitro benzene ring substituents is 1. The highest BCUT2D eigenvalue weighted by Gasteiger charge is 2.29. The average molecular weight is 545 g/mol. The lowest BCUT2D eigenvalue weighted by molar-refractivity contribution is -0.384. The number of hydrogen-bond acceptors (Lipinski definition) is 4. The van der Waals surface area contributed by atoms with Gasteiger partial charge in [0.2, 0.25) is 5.91 Å². The van der Waals surface area contributed by atoms with Crippen molar-refractivity contribution in [3.05, 3.63) is 99.9 Å². The third kappa shape index (κ3) is 7.81. The summed E-state index contributed by atoms with van der Waals surface area (Å²) >= 11 is 0. The molecule has 8 nitrogen and oxygen atoms in total. The smallest absolute Gasteiger partial charge is 0.269 e. The first-order valence-electron chi connectivity index (χ1n) is 14.5. The molecule has 2 amide bonds. The van der Waals surface area contributed by atoms with Gasteiger partial charge in [-0.15, -0.1) is 0 Å². The number of carbonyl (C=O) groups is 2. The van der Waals surface area contributed by atoms with Crippen molar-refractivity contribution in [2.24, 2.45) is 0 Å². The van der Waals surface area contributed by atoms with Gasteiger partial charge in [-0.05, 0) is 49.1 Å². The molecule has 1 saturated carbocycles. The van der Waals surface area contributed by atoms with Crippen LogP contribution in [0.25, 0.3) is 0 Å². The molecule has 2 aromatic carbocycles. The third-order valence-electron chi connectivity index (χ3n) is 7.76. The molecule has 3 aromatic rings. The van der Waals surface area contributed by atoms with Gasteiger partial charge in [-0.1, -0.05) is 69.4 Å². The second kappa shape index (κ2) is 14.4. The molecule has 0 spiro atoms. The van der Waals surface area contributed by atoms with Crippen molar-refractivity contribution in [2.75, 3.05) is 13.1 Å². The minimum atomic E-state index is -0.480. The molecule has 40 heavy (non-hydrogen) atoms. The van der Waals surface area contributed by atoms with Gasteiger partial charge in [-0.2, -0.15) is 0 Å². The van der Waals surface area contributed by atoms with Gasteiger partial charge in [0.15, 0.2) is 0 Å². The minimum Gasteiger partial charge on any atom is -0.345 e. The second-order valence-corrected chi connectivity index (χ2v) is 10.7. The Balaban J connectivity index is 1.54. The molecule has 0 radical (unpaired) electrons. The highest BCUT2D eigenvalue weighted by Crippen LogP contribution is 2.25. The largest absolute Gasteiger partial charge is 0.345 e. The van der Waals surface area contributed by atoms with Crippen LogP contribution in [-0.2, 0) is 17.9 Å². The number of nitrogens with zero attached hydrogens (tertiary/aromatic N) is 4. The molecule has 1 aromatic heterocycles. The van der Waals surface area contributed by atoms with Crippen LogP contribution >= 0.6 is 0 Å². The zero-order valence-electron chi connectivity index (χ0n) is 23.4. The number of carbonyl (C=O) groups excluding carboxylic acids is 2. The van der Waals surface area contributed by atoms with Crippen molar-refractivity contribution in [3.63, 3.8) is 0 Å². The van der Waals surface area contributed by atoms with E-state index in [-0.39, 0.29) is 30.1 Å². The monoisotopic (exact) mass is 544 g/mol. The molecule has 1 fully saturated rings. The molecule has 0 unspecified atom stereocenters. The van der Waals surface area contributed by atoms with E-state index in [9.17, 15) is 19.7 Å². The summed E-state index contributed by atoms with van der Waals surface area (Å²) in [5.74, 6) is -0.318. The first-order valence-corrected chi connectivity index (χ1v) is 14.5. The standard InChI is InChI=1S/C32H40N4O4/c1-2-3-10-21-34(32(38)27-17-19-29(20-18-27)36(39)40)25-31(37)35(28-14-8-5-9-15-28)24-30-16-11-22-33(30)23-26-12-6-4-7-13-26/h4,6-7,11-13,16-20,22,28H,2-3,5,8-10,14-15,21,23-25H2,1H3. The Hall–Kier alpha value is -3.94. The second-order valence-electron chi connectivity index (χ2n) is 10.7.